The Labute approximate surface area is 132 Å². The van der Waals surface area contributed by atoms with Crippen molar-refractivity contribution in [1.82, 2.24) is 10.2 Å². The molecule has 0 unspecified atom stereocenters. The fourth-order valence-corrected chi connectivity index (χ4v) is 2.83. The summed E-state index contributed by atoms with van der Waals surface area (Å²) in [6.45, 7) is 0.604. The highest BCUT2D eigenvalue weighted by Gasteiger charge is 2.29. The number of likely N-dealkylation sites (N-methyl/N-ethyl adjacent to an activating group) is 1. The Hall–Kier alpha value is -1.40. The van der Waals surface area contributed by atoms with Crippen LogP contribution in [-0.2, 0) is 4.79 Å². The second kappa shape index (κ2) is 7.04. The quantitative estimate of drug-likeness (QED) is 0.839. The van der Waals surface area contributed by atoms with Gasteiger partial charge in [0.2, 0.25) is 5.91 Å². The molecular formula is C15H19BrN2O3. The molecule has 1 aliphatic carbocycles. The van der Waals surface area contributed by atoms with Crippen molar-refractivity contribution in [2.45, 2.75) is 18.9 Å². The summed E-state index contributed by atoms with van der Waals surface area (Å²) in [6, 6.07) is 7.08. The van der Waals surface area contributed by atoms with Crippen LogP contribution in [0.2, 0.25) is 0 Å². The van der Waals surface area contributed by atoms with Gasteiger partial charge < -0.3 is 15.3 Å². The largest absolute Gasteiger partial charge is 0.393 e. The Kier molecular flexibility index (Phi) is 5.36. The molecule has 0 radical (unpaired) electrons. The number of rotatable bonds is 5. The number of halogens is 1. The van der Waals surface area contributed by atoms with Crippen molar-refractivity contribution >= 4 is 27.7 Å². The van der Waals surface area contributed by atoms with Crippen LogP contribution in [0.4, 0.5) is 0 Å². The second-order valence-electron chi connectivity index (χ2n) is 5.43. The van der Waals surface area contributed by atoms with Crippen LogP contribution >= 0.6 is 15.9 Å². The molecule has 0 bridgehead atoms. The first-order valence-corrected chi connectivity index (χ1v) is 7.71. The molecule has 114 valence electrons. The summed E-state index contributed by atoms with van der Waals surface area (Å²) in [6.07, 6.45) is 1.29. The predicted octanol–water partition coefficient (Wildman–Crippen LogP) is 1.41. The molecule has 0 heterocycles. The third kappa shape index (κ3) is 4.28. The molecule has 0 atom stereocenters. The Morgan fingerprint density at radius 1 is 1.38 bits per heavy atom. The van der Waals surface area contributed by atoms with E-state index in [0.29, 0.717) is 22.5 Å². The van der Waals surface area contributed by atoms with Crippen molar-refractivity contribution in [2.24, 2.45) is 5.92 Å². The molecule has 1 aliphatic rings. The highest BCUT2D eigenvalue weighted by atomic mass is 79.9. The zero-order valence-corrected chi connectivity index (χ0v) is 13.5. The van der Waals surface area contributed by atoms with E-state index in [1.54, 1.807) is 30.1 Å². The van der Waals surface area contributed by atoms with E-state index in [-0.39, 0.29) is 24.5 Å². The first-order chi connectivity index (χ1) is 9.97. The summed E-state index contributed by atoms with van der Waals surface area (Å²) >= 11 is 3.31. The van der Waals surface area contributed by atoms with Gasteiger partial charge in [0.1, 0.15) is 0 Å². The van der Waals surface area contributed by atoms with Gasteiger partial charge in [-0.05, 0) is 46.8 Å². The van der Waals surface area contributed by atoms with Crippen molar-refractivity contribution in [3.8, 4) is 0 Å². The highest BCUT2D eigenvalue weighted by Crippen LogP contribution is 2.27. The minimum atomic E-state index is -0.275. The lowest BCUT2D eigenvalue weighted by atomic mass is 9.82. The van der Waals surface area contributed by atoms with Crippen LogP contribution in [0, 0.1) is 5.92 Å². The van der Waals surface area contributed by atoms with Crippen LogP contribution in [0.25, 0.3) is 0 Å². The standard InChI is InChI=1S/C15H19BrN2O3/c1-18(9-10-6-11(19)7-10)14(20)8-17-15(21)12-4-2-3-5-13(12)16/h2-5,10-11,19H,6-9H2,1H3,(H,17,21). The zero-order valence-electron chi connectivity index (χ0n) is 11.9. The normalized spacial score (nSPS) is 20.5. The van der Waals surface area contributed by atoms with Gasteiger partial charge >= 0.3 is 0 Å². The molecule has 0 aromatic heterocycles. The Bertz CT molecular complexity index is 529. The van der Waals surface area contributed by atoms with Crippen molar-refractivity contribution in [3.05, 3.63) is 34.3 Å². The molecule has 1 aromatic rings. The van der Waals surface area contributed by atoms with Crippen LogP contribution < -0.4 is 5.32 Å². The maximum absolute atomic E-state index is 12.0. The number of hydrogen-bond acceptors (Lipinski definition) is 3. The average molecular weight is 355 g/mol. The van der Waals surface area contributed by atoms with E-state index in [9.17, 15) is 14.7 Å². The summed E-state index contributed by atoms with van der Waals surface area (Å²) in [5.41, 5.74) is 0.509. The number of aliphatic hydroxyl groups is 1. The third-order valence-electron chi connectivity index (χ3n) is 3.69. The van der Waals surface area contributed by atoms with E-state index in [1.165, 1.54) is 0 Å². The van der Waals surface area contributed by atoms with E-state index < -0.39 is 0 Å². The number of nitrogens with one attached hydrogen (secondary N) is 1. The minimum absolute atomic E-state index is 0.0219. The summed E-state index contributed by atoms with van der Waals surface area (Å²) in [7, 11) is 1.72. The van der Waals surface area contributed by atoms with Crippen molar-refractivity contribution < 1.29 is 14.7 Å². The minimum Gasteiger partial charge on any atom is -0.393 e. The summed E-state index contributed by atoms with van der Waals surface area (Å²) < 4.78 is 0.701. The Morgan fingerprint density at radius 2 is 2.05 bits per heavy atom. The maximum atomic E-state index is 12.0. The molecular weight excluding hydrogens is 336 g/mol. The molecule has 2 N–H and O–H groups in total. The molecule has 1 fully saturated rings. The zero-order chi connectivity index (χ0) is 15.4. The van der Waals surface area contributed by atoms with Gasteiger partial charge in [-0.1, -0.05) is 12.1 Å². The number of benzene rings is 1. The lowest BCUT2D eigenvalue weighted by molar-refractivity contribution is -0.130. The van der Waals surface area contributed by atoms with Crippen LogP contribution in [0.15, 0.2) is 28.7 Å². The molecule has 21 heavy (non-hydrogen) atoms. The molecule has 6 heteroatoms. The van der Waals surface area contributed by atoms with Crippen molar-refractivity contribution in [3.63, 3.8) is 0 Å². The van der Waals surface area contributed by atoms with E-state index in [0.717, 1.165) is 12.8 Å². The van der Waals surface area contributed by atoms with Crippen LogP contribution in [0.1, 0.15) is 23.2 Å². The summed E-state index contributed by atoms with van der Waals surface area (Å²) in [4.78, 5) is 25.5. The molecule has 2 amide bonds. The summed E-state index contributed by atoms with van der Waals surface area (Å²) in [5, 5.41) is 11.9. The fraction of sp³-hybridized carbons (Fsp3) is 0.467. The topological polar surface area (TPSA) is 69.6 Å². The van der Waals surface area contributed by atoms with E-state index in [2.05, 4.69) is 21.2 Å². The maximum Gasteiger partial charge on any atom is 0.252 e. The van der Waals surface area contributed by atoms with Gasteiger partial charge in [-0.25, -0.2) is 0 Å². The van der Waals surface area contributed by atoms with Gasteiger partial charge in [-0.3, -0.25) is 9.59 Å². The van der Waals surface area contributed by atoms with Crippen LogP contribution in [0.5, 0.6) is 0 Å². The fourth-order valence-electron chi connectivity index (χ4n) is 2.37. The van der Waals surface area contributed by atoms with Gasteiger partial charge in [0, 0.05) is 18.1 Å². The molecule has 5 nitrogen and oxygen atoms in total. The SMILES string of the molecule is CN(CC1CC(O)C1)C(=O)CNC(=O)c1ccccc1Br. The predicted molar refractivity (Wildman–Crippen MR) is 82.8 cm³/mol. The van der Waals surface area contributed by atoms with Crippen LogP contribution in [0.3, 0.4) is 0 Å². The Morgan fingerprint density at radius 3 is 2.67 bits per heavy atom. The number of hydrogen-bond donors (Lipinski definition) is 2. The lowest BCUT2D eigenvalue weighted by Crippen LogP contribution is -2.43. The monoisotopic (exact) mass is 354 g/mol. The van der Waals surface area contributed by atoms with E-state index in [4.69, 9.17) is 0 Å². The van der Waals surface area contributed by atoms with Crippen molar-refractivity contribution in [1.29, 1.82) is 0 Å². The molecule has 0 aliphatic heterocycles. The first kappa shape index (κ1) is 16.0. The number of aliphatic hydroxyl groups excluding tert-OH is 1. The molecule has 1 saturated carbocycles. The number of carbonyl (C=O) groups excluding carboxylic acids is 2. The average Bonchev–Trinajstić information content (AvgIpc) is 2.43. The molecule has 0 spiro atoms. The van der Waals surface area contributed by atoms with E-state index in [1.807, 2.05) is 6.07 Å². The molecule has 2 rings (SSSR count). The second-order valence-corrected chi connectivity index (χ2v) is 6.28. The Balaban J connectivity index is 1.78. The first-order valence-electron chi connectivity index (χ1n) is 6.92. The van der Waals surface area contributed by atoms with Crippen molar-refractivity contribution in [2.75, 3.05) is 20.1 Å². The third-order valence-corrected chi connectivity index (χ3v) is 4.38. The van der Waals surface area contributed by atoms with E-state index >= 15 is 0 Å². The molecule has 0 saturated heterocycles. The molecule has 1 aromatic carbocycles. The van der Waals surface area contributed by atoms with Gasteiger partial charge in [0.15, 0.2) is 0 Å². The highest BCUT2D eigenvalue weighted by molar-refractivity contribution is 9.10. The smallest absolute Gasteiger partial charge is 0.252 e. The van der Waals surface area contributed by atoms with Gasteiger partial charge in [0.05, 0.1) is 18.2 Å². The van der Waals surface area contributed by atoms with Gasteiger partial charge in [-0.15, -0.1) is 0 Å². The van der Waals surface area contributed by atoms with Gasteiger partial charge in [-0.2, -0.15) is 0 Å². The number of carbonyl (C=O) groups is 2. The number of amides is 2. The van der Waals surface area contributed by atoms with Crippen LogP contribution in [-0.4, -0.2) is 48.1 Å². The summed E-state index contributed by atoms with van der Waals surface area (Å²) in [5.74, 6) is -0.0343. The van der Waals surface area contributed by atoms with Gasteiger partial charge in [0.25, 0.3) is 5.91 Å². The number of nitrogens with zero attached hydrogens (tertiary/aromatic N) is 1. The lowest BCUT2D eigenvalue weighted by Gasteiger charge is -2.34.